The summed E-state index contributed by atoms with van der Waals surface area (Å²) in [7, 11) is 0. The van der Waals surface area contributed by atoms with E-state index in [-0.39, 0.29) is 6.09 Å². The van der Waals surface area contributed by atoms with Gasteiger partial charge in [0.25, 0.3) is 0 Å². The number of pyridine rings is 1. The van der Waals surface area contributed by atoms with Gasteiger partial charge in [-0.05, 0) is 58.2 Å². The van der Waals surface area contributed by atoms with E-state index in [0.717, 1.165) is 31.7 Å². The number of amides is 1. The maximum absolute atomic E-state index is 12.0. The topological polar surface area (TPSA) is 54.5 Å². The molecule has 0 aromatic carbocycles. The number of hydrogen-bond donors (Lipinski definition) is 1. The summed E-state index contributed by atoms with van der Waals surface area (Å²) in [6, 6.07) is 4.38. The van der Waals surface area contributed by atoms with Crippen molar-refractivity contribution in [1.82, 2.24) is 9.88 Å². The molecular weight excluding hydrogens is 266 g/mol. The van der Waals surface area contributed by atoms with Gasteiger partial charge < -0.3 is 15.0 Å². The van der Waals surface area contributed by atoms with Crippen molar-refractivity contribution in [2.45, 2.75) is 52.2 Å². The van der Waals surface area contributed by atoms with E-state index in [2.05, 4.69) is 17.2 Å². The number of rotatable bonds is 2. The highest BCUT2D eigenvalue weighted by Gasteiger charge is 2.26. The highest BCUT2D eigenvalue weighted by Crippen LogP contribution is 2.18. The van der Waals surface area contributed by atoms with E-state index in [1.165, 1.54) is 5.56 Å². The Kier molecular flexibility index (Phi) is 4.70. The van der Waals surface area contributed by atoms with Crippen molar-refractivity contribution in [3.8, 4) is 0 Å². The molecular formula is C16H25N3O2. The van der Waals surface area contributed by atoms with Crippen LogP contribution in [0.2, 0.25) is 0 Å². The molecule has 1 saturated heterocycles. The minimum absolute atomic E-state index is 0.213. The predicted molar refractivity (Wildman–Crippen MR) is 83.4 cm³/mol. The lowest BCUT2D eigenvalue weighted by molar-refractivity contribution is 0.0210. The molecule has 0 aliphatic carbocycles. The van der Waals surface area contributed by atoms with E-state index >= 15 is 0 Å². The molecule has 0 atom stereocenters. The van der Waals surface area contributed by atoms with Crippen LogP contribution < -0.4 is 5.32 Å². The van der Waals surface area contributed by atoms with Crippen molar-refractivity contribution in [2.24, 2.45) is 0 Å². The quantitative estimate of drug-likeness (QED) is 0.909. The van der Waals surface area contributed by atoms with Crippen LogP contribution in [0.4, 0.5) is 10.6 Å². The summed E-state index contributed by atoms with van der Waals surface area (Å²) < 4.78 is 5.40. The first kappa shape index (κ1) is 15.6. The summed E-state index contributed by atoms with van der Waals surface area (Å²) in [5.74, 6) is 0.908. The molecule has 1 aliphatic heterocycles. The lowest BCUT2D eigenvalue weighted by atomic mass is 10.1. The number of nitrogens with one attached hydrogen (secondary N) is 1. The molecule has 21 heavy (non-hydrogen) atoms. The Morgan fingerprint density at radius 2 is 2.05 bits per heavy atom. The second kappa shape index (κ2) is 6.33. The summed E-state index contributed by atoms with van der Waals surface area (Å²) in [4.78, 5) is 18.1. The normalized spacial score (nSPS) is 16.7. The van der Waals surface area contributed by atoms with Crippen molar-refractivity contribution < 1.29 is 9.53 Å². The minimum Gasteiger partial charge on any atom is -0.444 e. The molecule has 2 rings (SSSR count). The molecule has 0 radical (unpaired) electrons. The molecule has 0 bridgehead atoms. The Morgan fingerprint density at radius 1 is 1.38 bits per heavy atom. The van der Waals surface area contributed by atoms with Crippen LogP contribution in [-0.2, 0) is 4.74 Å². The fraction of sp³-hybridized carbons (Fsp3) is 0.625. The number of hydrogen-bond acceptors (Lipinski definition) is 4. The Hall–Kier alpha value is -1.78. The summed E-state index contributed by atoms with van der Waals surface area (Å²) in [5.41, 5.74) is 0.760. The molecule has 5 heteroatoms. The zero-order chi connectivity index (χ0) is 15.5. The van der Waals surface area contributed by atoms with Gasteiger partial charge in [-0.1, -0.05) is 0 Å². The zero-order valence-electron chi connectivity index (χ0n) is 13.3. The van der Waals surface area contributed by atoms with Crippen LogP contribution in [-0.4, -0.2) is 40.7 Å². The number of aromatic nitrogens is 1. The highest BCUT2D eigenvalue weighted by molar-refractivity contribution is 5.68. The van der Waals surface area contributed by atoms with Crippen LogP contribution in [0.3, 0.4) is 0 Å². The Morgan fingerprint density at radius 3 is 2.62 bits per heavy atom. The van der Waals surface area contributed by atoms with Crippen LogP contribution in [0.1, 0.15) is 39.2 Å². The average molecular weight is 291 g/mol. The van der Waals surface area contributed by atoms with Crippen molar-refractivity contribution >= 4 is 11.9 Å². The fourth-order valence-corrected chi connectivity index (χ4v) is 2.36. The molecule has 1 aliphatic rings. The first-order chi connectivity index (χ1) is 9.83. The van der Waals surface area contributed by atoms with E-state index in [4.69, 9.17) is 4.74 Å². The largest absolute Gasteiger partial charge is 0.444 e. The monoisotopic (exact) mass is 291 g/mol. The van der Waals surface area contributed by atoms with E-state index < -0.39 is 5.60 Å². The second-order valence-electron chi connectivity index (χ2n) is 6.60. The minimum atomic E-state index is -0.433. The molecule has 1 amide bonds. The third-order valence-electron chi connectivity index (χ3n) is 3.41. The molecule has 2 heterocycles. The summed E-state index contributed by atoms with van der Waals surface area (Å²) >= 11 is 0. The van der Waals surface area contributed by atoms with Gasteiger partial charge in [0.05, 0.1) is 0 Å². The zero-order valence-corrected chi connectivity index (χ0v) is 13.3. The van der Waals surface area contributed by atoms with Gasteiger partial charge in [-0.3, -0.25) is 0 Å². The molecule has 0 spiro atoms. The summed E-state index contributed by atoms with van der Waals surface area (Å²) in [6.07, 6.45) is 3.42. The first-order valence-corrected chi connectivity index (χ1v) is 7.50. The fourth-order valence-electron chi connectivity index (χ4n) is 2.36. The number of nitrogens with zero attached hydrogens (tertiary/aromatic N) is 2. The van der Waals surface area contributed by atoms with Gasteiger partial charge in [-0.2, -0.15) is 0 Å². The SMILES string of the molecule is Cc1ccnc(NC2CCN(C(=O)OC(C)(C)C)CC2)c1. The third kappa shape index (κ3) is 4.92. The molecule has 1 fully saturated rings. The predicted octanol–water partition coefficient (Wildman–Crippen LogP) is 3.20. The van der Waals surface area contributed by atoms with E-state index in [1.807, 2.05) is 39.1 Å². The summed E-state index contributed by atoms with van der Waals surface area (Å²) in [5, 5.41) is 3.44. The van der Waals surface area contributed by atoms with Gasteiger partial charge >= 0.3 is 6.09 Å². The average Bonchev–Trinajstić information content (AvgIpc) is 2.37. The van der Waals surface area contributed by atoms with Gasteiger partial charge in [-0.25, -0.2) is 9.78 Å². The Labute approximate surface area is 126 Å². The first-order valence-electron chi connectivity index (χ1n) is 7.50. The van der Waals surface area contributed by atoms with Crippen molar-refractivity contribution in [3.63, 3.8) is 0 Å². The standard InChI is InChI=1S/C16H25N3O2/c1-12-5-8-17-14(11-12)18-13-6-9-19(10-7-13)15(20)21-16(2,3)4/h5,8,11,13H,6-7,9-10H2,1-4H3,(H,17,18). The Bertz CT molecular complexity index is 489. The van der Waals surface area contributed by atoms with Crippen LogP contribution in [0.15, 0.2) is 18.3 Å². The number of piperidine rings is 1. The van der Waals surface area contributed by atoms with Crippen LogP contribution in [0, 0.1) is 6.92 Å². The van der Waals surface area contributed by atoms with Crippen LogP contribution in [0.5, 0.6) is 0 Å². The number of aryl methyl sites for hydroxylation is 1. The van der Waals surface area contributed by atoms with Gasteiger partial charge in [0.2, 0.25) is 0 Å². The lowest BCUT2D eigenvalue weighted by Gasteiger charge is -2.33. The molecule has 0 unspecified atom stereocenters. The van der Waals surface area contributed by atoms with Crippen LogP contribution >= 0.6 is 0 Å². The van der Waals surface area contributed by atoms with Crippen molar-refractivity contribution in [3.05, 3.63) is 23.9 Å². The number of anilines is 1. The smallest absolute Gasteiger partial charge is 0.410 e. The van der Waals surface area contributed by atoms with Gasteiger partial charge in [0.15, 0.2) is 0 Å². The lowest BCUT2D eigenvalue weighted by Crippen LogP contribution is -2.44. The number of likely N-dealkylation sites (tertiary alicyclic amines) is 1. The highest BCUT2D eigenvalue weighted by atomic mass is 16.6. The second-order valence-corrected chi connectivity index (χ2v) is 6.60. The van der Waals surface area contributed by atoms with Crippen LogP contribution in [0.25, 0.3) is 0 Å². The number of carbonyl (C=O) groups is 1. The maximum atomic E-state index is 12.0. The molecule has 5 nitrogen and oxygen atoms in total. The van der Waals surface area contributed by atoms with Gasteiger partial charge in [0, 0.05) is 25.3 Å². The Balaban J connectivity index is 1.82. The van der Waals surface area contributed by atoms with Gasteiger partial charge in [0.1, 0.15) is 11.4 Å². The number of carbonyl (C=O) groups excluding carboxylic acids is 1. The van der Waals surface area contributed by atoms with Crippen molar-refractivity contribution in [2.75, 3.05) is 18.4 Å². The molecule has 1 aromatic rings. The molecule has 1 N–H and O–H groups in total. The van der Waals surface area contributed by atoms with Crippen molar-refractivity contribution in [1.29, 1.82) is 0 Å². The van der Waals surface area contributed by atoms with E-state index in [0.29, 0.717) is 6.04 Å². The third-order valence-corrected chi connectivity index (χ3v) is 3.41. The molecule has 0 saturated carbocycles. The van der Waals surface area contributed by atoms with Gasteiger partial charge in [-0.15, -0.1) is 0 Å². The number of ether oxygens (including phenoxy) is 1. The molecule has 1 aromatic heterocycles. The van der Waals surface area contributed by atoms with E-state index in [9.17, 15) is 4.79 Å². The van der Waals surface area contributed by atoms with E-state index in [1.54, 1.807) is 4.90 Å². The summed E-state index contributed by atoms with van der Waals surface area (Å²) in [6.45, 7) is 9.17. The molecule has 116 valence electrons. The maximum Gasteiger partial charge on any atom is 0.410 e.